The molecule has 26 heavy (non-hydrogen) atoms. The van der Waals surface area contributed by atoms with Gasteiger partial charge in [0.05, 0.1) is 6.54 Å². The molecule has 1 saturated heterocycles. The van der Waals surface area contributed by atoms with Gasteiger partial charge in [-0.1, -0.05) is 42.5 Å². The monoisotopic (exact) mass is 372 g/mol. The summed E-state index contributed by atoms with van der Waals surface area (Å²) in [4.78, 5) is 17.1. The van der Waals surface area contributed by atoms with Crippen LogP contribution >= 0.6 is 11.8 Å². The lowest BCUT2D eigenvalue weighted by Crippen LogP contribution is -2.42. The van der Waals surface area contributed by atoms with Gasteiger partial charge in [0.2, 0.25) is 5.91 Å². The quantitative estimate of drug-likeness (QED) is 0.755. The minimum Gasteiger partial charge on any atom is -0.325 e. The summed E-state index contributed by atoms with van der Waals surface area (Å²) in [6.07, 6.45) is 0. The maximum absolute atomic E-state index is 13.2. The molecule has 3 nitrogen and oxygen atoms in total. The van der Waals surface area contributed by atoms with Gasteiger partial charge in [0.15, 0.2) is 0 Å². The molecule has 0 spiro atoms. The zero-order chi connectivity index (χ0) is 18.5. The van der Waals surface area contributed by atoms with Gasteiger partial charge in [0.25, 0.3) is 0 Å². The van der Waals surface area contributed by atoms with Gasteiger partial charge < -0.3 is 4.90 Å². The van der Waals surface area contributed by atoms with Crippen LogP contribution in [0.2, 0.25) is 0 Å². The molecule has 0 bridgehead atoms. The first kappa shape index (κ1) is 18.9. The van der Waals surface area contributed by atoms with Crippen molar-refractivity contribution >= 4 is 17.7 Å². The Hall–Kier alpha value is -1.85. The number of carbonyl (C=O) groups excluding carboxylic acids is 1. The summed E-state index contributed by atoms with van der Waals surface area (Å²) in [7, 11) is 0. The molecule has 0 saturated carbocycles. The molecule has 0 aliphatic carbocycles. The van der Waals surface area contributed by atoms with Gasteiger partial charge in [-0.15, -0.1) is 11.8 Å². The lowest BCUT2D eigenvalue weighted by Gasteiger charge is -2.30. The summed E-state index contributed by atoms with van der Waals surface area (Å²) in [6, 6.07) is 17.0. The van der Waals surface area contributed by atoms with Crippen LogP contribution in [-0.4, -0.2) is 40.6 Å². The van der Waals surface area contributed by atoms with Crippen LogP contribution in [-0.2, 0) is 11.3 Å². The normalized spacial score (nSPS) is 17.3. The van der Waals surface area contributed by atoms with E-state index in [1.54, 1.807) is 23.9 Å². The molecule has 1 unspecified atom stereocenters. The molecule has 3 rings (SSSR count). The molecule has 0 radical (unpaired) electrons. The average Bonchev–Trinajstić information content (AvgIpc) is 3.12. The Labute approximate surface area is 159 Å². The van der Waals surface area contributed by atoms with E-state index in [-0.39, 0.29) is 23.1 Å². The third-order valence-corrected chi connectivity index (χ3v) is 5.92. The Morgan fingerprint density at radius 1 is 1.19 bits per heavy atom. The standard InChI is InChI=1S/C21H25FN2OS/c1-16(2)23(14-17-6-4-3-5-7-17)15-20(25)24-12-13-26-21(24)18-8-10-19(22)11-9-18/h3-11,16,21H,12-15H2,1-2H3. The van der Waals surface area contributed by atoms with Crippen molar-refractivity contribution in [3.8, 4) is 0 Å². The van der Waals surface area contributed by atoms with E-state index in [1.165, 1.54) is 17.7 Å². The van der Waals surface area contributed by atoms with Gasteiger partial charge in [0, 0.05) is 24.9 Å². The number of halogens is 1. The third-order valence-electron chi connectivity index (χ3n) is 4.66. The van der Waals surface area contributed by atoms with Crippen molar-refractivity contribution in [3.63, 3.8) is 0 Å². The minimum absolute atomic E-state index is 0.0196. The number of benzene rings is 2. The first-order chi connectivity index (χ1) is 12.5. The third kappa shape index (κ3) is 4.65. The van der Waals surface area contributed by atoms with Crippen LogP contribution < -0.4 is 0 Å². The molecule has 0 N–H and O–H groups in total. The highest BCUT2D eigenvalue weighted by atomic mass is 32.2. The molecule has 2 aromatic rings. The smallest absolute Gasteiger partial charge is 0.237 e. The van der Waals surface area contributed by atoms with Crippen LogP contribution in [0.3, 0.4) is 0 Å². The molecular formula is C21H25FN2OS. The van der Waals surface area contributed by atoms with Gasteiger partial charge in [-0.2, -0.15) is 0 Å². The van der Waals surface area contributed by atoms with E-state index in [2.05, 4.69) is 30.9 Å². The molecule has 1 atom stereocenters. The Morgan fingerprint density at radius 3 is 2.54 bits per heavy atom. The first-order valence-corrected chi connectivity index (χ1v) is 10.0. The largest absolute Gasteiger partial charge is 0.325 e. The van der Waals surface area contributed by atoms with Crippen molar-refractivity contribution in [2.45, 2.75) is 31.8 Å². The Balaban J connectivity index is 1.69. The van der Waals surface area contributed by atoms with Crippen LogP contribution in [0.5, 0.6) is 0 Å². The van der Waals surface area contributed by atoms with Crippen LogP contribution in [0.1, 0.15) is 30.3 Å². The second-order valence-corrected chi connectivity index (χ2v) is 8.03. The number of carbonyl (C=O) groups is 1. The van der Waals surface area contributed by atoms with Crippen LogP contribution in [0.15, 0.2) is 54.6 Å². The predicted molar refractivity (Wildman–Crippen MR) is 105 cm³/mol. The van der Waals surface area contributed by atoms with Crippen LogP contribution in [0, 0.1) is 5.82 Å². The lowest BCUT2D eigenvalue weighted by molar-refractivity contribution is -0.133. The van der Waals surface area contributed by atoms with Crippen LogP contribution in [0.25, 0.3) is 0 Å². The van der Waals surface area contributed by atoms with E-state index in [4.69, 9.17) is 0 Å². The van der Waals surface area contributed by atoms with Crippen molar-refractivity contribution in [2.75, 3.05) is 18.8 Å². The van der Waals surface area contributed by atoms with Crippen molar-refractivity contribution < 1.29 is 9.18 Å². The van der Waals surface area contributed by atoms with Crippen molar-refractivity contribution in [1.82, 2.24) is 9.80 Å². The average molecular weight is 373 g/mol. The molecule has 138 valence electrons. The highest BCUT2D eigenvalue weighted by Crippen LogP contribution is 2.38. The second-order valence-electron chi connectivity index (χ2n) is 6.85. The SMILES string of the molecule is CC(C)N(CC(=O)N1CCSC1c1ccc(F)cc1)Cc1ccccc1. The number of amides is 1. The highest BCUT2D eigenvalue weighted by Gasteiger charge is 2.31. The van der Waals surface area contributed by atoms with Crippen molar-refractivity contribution in [3.05, 3.63) is 71.5 Å². The van der Waals surface area contributed by atoms with Gasteiger partial charge >= 0.3 is 0 Å². The molecular weight excluding hydrogens is 347 g/mol. The molecule has 0 aromatic heterocycles. The number of nitrogens with zero attached hydrogens (tertiary/aromatic N) is 2. The summed E-state index contributed by atoms with van der Waals surface area (Å²) in [5.41, 5.74) is 2.20. The number of rotatable bonds is 6. The van der Waals surface area contributed by atoms with E-state index < -0.39 is 0 Å². The lowest BCUT2D eigenvalue weighted by atomic mass is 10.1. The van der Waals surface area contributed by atoms with Crippen molar-refractivity contribution in [2.24, 2.45) is 0 Å². The van der Waals surface area contributed by atoms with Crippen LogP contribution in [0.4, 0.5) is 4.39 Å². The molecule has 5 heteroatoms. The second kappa shape index (κ2) is 8.69. The fraction of sp³-hybridized carbons (Fsp3) is 0.381. The highest BCUT2D eigenvalue weighted by molar-refractivity contribution is 7.99. The molecule has 1 aliphatic rings. The topological polar surface area (TPSA) is 23.6 Å². The molecule has 2 aromatic carbocycles. The Morgan fingerprint density at radius 2 is 1.88 bits per heavy atom. The summed E-state index contributed by atoms with van der Waals surface area (Å²) in [6.45, 7) is 6.12. The minimum atomic E-state index is -0.247. The van der Waals surface area contributed by atoms with Gasteiger partial charge in [-0.05, 0) is 37.1 Å². The van der Waals surface area contributed by atoms with E-state index in [0.717, 1.165) is 24.4 Å². The van der Waals surface area contributed by atoms with E-state index >= 15 is 0 Å². The van der Waals surface area contributed by atoms with E-state index in [9.17, 15) is 9.18 Å². The molecule has 1 fully saturated rings. The summed E-state index contributed by atoms with van der Waals surface area (Å²) in [5, 5.41) is -0.0196. The molecule has 1 heterocycles. The first-order valence-electron chi connectivity index (χ1n) is 8.99. The van der Waals surface area contributed by atoms with E-state index in [1.807, 2.05) is 23.1 Å². The maximum atomic E-state index is 13.2. The van der Waals surface area contributed by atoms with Crippen molar-refractivity contribution in [1.29, 1.82) is 0 Å². The number of hydrogen-bond acceptors (Lipinski definition) is 3. The Bertz CT molecular complexity index is 721. The van der Waals surface area contributed by atoms with Gasteiger partial charge in [-0.25, -0.2) is 4.39 Å². The molecule has 1 amide bonds. The summed E-state index contributed by atoms with van der Waals surface area (Å²) in [5.74, 6) is 0.797. The fourth-order valence-electron chi connectivity index (χ4n) is 3.13. The predicted octanol–water partition coefficient (Wildman–Crippen LogP) is 4.31. The number of hydrogen-bond donors (Lipinski definition) is 0. The zero-order valence-corrected chi connectivity index (χ0v) is 16.1. The van der Waals surface area contributed by atoms with E-state index in [0.29, 0.717) is 6.54 Å². The molecule has 1 aliphatic heterocycles. The fourth-order valence-corrected chi connectivity index (χ4v) is 4.41. The summed E-state index contributed by atoms with van der Waals surface area (Å²) < 4.78 is 13.2. The van der Waals surface area contributed by atoms with Gasteiger partial charge in [0.1, 0.15) is 11.2 Å². The Kier molecular flexibility index (Phi) is 6.33. The summed E-state index contributed by atoms with van der Waals surface area (Å²) >= 11 is 1.74. The zero-order valence-electron chi connectivity index (χ0n) is 15.3. The van der Waals surface area contributed by atoms with Gasteiger partial charge in [-0.3, -0.25) is 9.69 Å². The maximum Gasteiger partial charge on any atom is 0.237 e. The number of thioether (sulfide) groups is 1.